The van der Waals surface area contributed by atoms with Crippen LogP contribution in [0.25, 0.3) is 0 Å². The standard InChI is InChI=1S/C77H151NO8/c1-6-8-10-12-14-16-18-20-22-24-26-28-30-32-34-36-38-40-42-44-46-48-50-52-54-56-58-60-62-64-66-68-75(80)86-73(72-85-77(76(81)82)83-70-69-78(3,4)5)71-84-74(79)67-65-63-61-59-57-55-53-51-49-47-45-43-41-39-37-35-33-31-29-27-25-23-21-19-17-15-13-11-9-7-2/h73,77H,6-72H2,1-5H3/p+1. The molecule has 0 amide bonds. The maximum atomic E-state index is 13.0. The summed E-state index contributed by atoms with van der Waals surface area (Å²) >= 11 is 0. The monoisotopic (exact) mass is 1220 g/mol. The highest BCUT2D eigenvalue weighted by Gasteiger charge is 2.25. The van der Waals surface area contributed by atoms with Crippen molar-refractivity contribution in [1.82, 2.24) is 0 Å². The van der Waals surface area contributed by atoms with Gasteiger partial charge < -0.3 is 28.5 Å². The Kier molecular flexibility index (Phi) is 67.8. The van der Waals surface area contributed by atoms with Crippen LogP contribution in [0.15, 0.2) is 0 Å². The summed E-state index contributed by atoms with van der Waals surface area (Å²) in [7, 11) is 6.00. The number of hydrogen-bond donors (Lipinski definition) is 1. The van der Waals surface area contributed by atoms with Gasteiger partial charge in [0.2, 0.25) is 0 Å². The maximum Gasteiger partial charge on any atom is 0.361 e. The van der Waals surface area contributed by atoms with Gasteiger partial charge in [-0.2, -0.15) is 0 Å². The first-order chi connectivity index (χ1) is 42.1. The molecule has 0 aliphatic heterocycles. The molecular formula is C77H152NO8+. The molecule has 0 aromatic rings. The van der Waals surface area contributed by atoms with E-state index < -0.39 is 18.4 Å². The van der Waals surface area contributed by atoms with E-state index >= 15 is 0 Å². The van der Waals surface area contributed by atoms with E-state index in [-0.39, 0.29) is 38.2 Å². The molecule has 2 atom stereocenters. The Morgan fingerprint density at radius 3 is 0.744 bits per heavy atom. The van der Waals surface area contributed by atoms with Crippen molar-refractivity contribution in [3.8, 4) is 0 Å². The van der Waals surface area contributed by atoms with Crippen molar-refractivity contribution in [3.05, 3.63) is 0 Å². The summed E-state index contributed by atoms with van der Waals surface area (Å²) in [6, 6.07) is 0. The first kappa shape index (κ1) is 84.3. The third-order valence-electron chi connectivity index (χ3n) is 18.1. The van der Waals surface area contributed by atoms with Gasteiger partial charge in [-0.15, -0.1) is 0 Å². The molecule has 0 fully saturated rings. The highest BCUT2D eigenvalue weighted by Crippen LogP contribution is 2.20. The fraction of sp³-hybridized carbons (Fsp3) is 0.961. The SMILES string of the molecule is CCCCCCCCCCCCCCCCCCCCCCCCCCCCCCCCCC(=O)OC(COC(=O)CCCCCCCCCCCCCCCCCCCCCCCCCCCCCCCC)COC(OCC[N+](C)(C)C)C(=O)O. The molecule has 0 rings (SSSR count). The molecule has 0 saturated carbocycles. The minimum Gasteiger partial charge on any atom is -0.477 e. The normalized spacial score (nSPS) is 12.5. The minimum atomic E-state index is -1.50. The molecule has 512 valence electrons. The Balaban J connectivity index is 3.98. The fourth-order valence-corrected chi connectivity index (χ4v) is 12.2. The highest BCUT2D eigenvalue weighted by atomic mass is 16.7. The lowest BCUT2D eigenvalue weighted by Crippen LogP contribution is -2.40. The zero-order chi connectivity index (χ0) is 62.6. The van der Waals surface area contributed by atoms with Crippen LogP contribution < -0.4 is 0 Å². The maximum absolute atomic E-state index is 13.0. The molecule has 0 spiro atoms. The average Bonchev–Trinajstić information content (AvgIpc) is 3.64. The Hall–Kier alpha value is -1.71. The lowest BCUT2D eigenvalue weighted by Gasteiger charge is -2.25. The third-order valence-corrected chi connectivity index (χ3v) is 18.1. The Bertz CT molecular complexity index is 1370. The number of esters is 2. The number of hydrogen-bond acceptors (Lipinski definition) is 7. The van der Waals surface area contributed by atoms with Crippen molar-refractivity contribution in [2.75, 3.05) is 47.5 Å². The quantitative estimate of drug-likeness (QED) is 0.0278. The molecule has 0 bridgehead atoms. The average molecular weight is 1220 g/mol. The van der Waals surface area contributed by atoms with E-state index in [2.05, 4.69) is 13.8 Å². The third kappa shape index (κ3) is 69.8. The van der Waals surface area contributed by atoms with Crippen LogP contribution in [0.5, 0.6) is 0 Å². The zero-order valence-corrected chi connectivity index (χ0v) is 58.8. The number of carboxylic acids is 1. The Labute approximate surface area is 536 Å². The van der Waals surface area contributed by atoms with Gasteiger partial charge in [-0.1, -0.05) is 393 Å². The summed E-state index contributed by atoms with van der Waals surface area (Å²) in [6.45, 7) is 4.98. The molecule has 86 heavy (non-hydrogen) atoms. The Morgan fingerprint density at radius 2 is 0.523 bits per heavy atom. The molecule has 0 heterocycles. The molecule has 0 radical (unpaired) electrons. The van der Waals surface area contributed by atoms with Crippen molar-refractivity contribution < 1.29 is 42.9 Å². The topological polar surface area (TPSA) is 108 Å². The molecule has 9 nitrogen and oxygen atoms in total. The van der Waals surface area contributed by atoms with Crippen LogP contribution in [-0.2, 0) is 33.3 Å². The summed E-state index contributed by atoms with van der Waals surface area (Å²) in [5.74, 6) is -1.96. The molecule has 0 aliphatic rings. The molecule has 0 aromatic heterocycles. The smallest absolute Gasteiger partial charge is 0.361 e. The van der Waals surface area contributed by atoms with Crippen molar-refractivity contribution in [3.63, 3.8) is 0 Å². The zero-order valence-electron chi connectivity index (χ0n) is 58.8. The number of carbonyl (C=O) groups is 3. The van der Waals surface area contributed by atoms with Gasteiger partial charge in [0.05, 0.1) is 34.4 Å². The summed E-state index contributed by atoms with van der Waals surface area (Å²) in [5.41, 5.74) is 0. The van der Waals surface area contributed by atoms with Crippen LogP contribution in [0.1, 0.15) is 418 Å². The van der Waals surface area contributed by atoms with Crippen LogP contribution in [0, 0.1) is 0 Å². The van der Waals surface area contributed by atoms with E-state index in [0.717, 1.165) is 38.5 Å². The van der Waals surface area contributed by atoms with Crippen molar-refractivity contribution >= 4 is 17.9 Å². The molecule has 0 aromatic carbocycles. The first-order valence-corrected chi connectivity index (χ1v) is 38.7. The Morgan fingerprint density at radius 1 is 0.302 bits per heavy atom. The van der Waals surface area contributed by atoms with Gasteiger partial charge in [0, 0.05) is 12.8 Å². The number of carboxylic acid groups (broad SMARTS) is 1. The number of unbranched alkanes of at least 4 members (excludes halogenated alkanes) is 59. The van der Waals surface area contributed by atoms with Crippen LogP contribution in [-0.4, -0.2) is 87.4 Å². The molecular weight excluding hydrogens is 1070 g/mol. The number of rotatable bonds is 74. The largest absolute Gasteiger partial charge is 0.477 e. The summed E-state index contributed by atoms with van der Waals surface area (Å²) < 4.78 is 23.1. The van der Waals surface area contributed by atoms with Gasteiger partial charge >= 0.3 is 17.9 Å². The van der Waals surface area contributed by atoms with Crippen molar-refractivity contribution in [2.24, 2.45) is 0 Å². The lowest BCUT2D eigenvalue weighted by atomic mass is 10.0. The summed E-state index contributed by atoms with van der Waals surface area (Å²) in [6.07, 6.45) is 81.1. The van der Waals surface area contributed by atoms with Crippen LogP contribution in [0.2, 0.25) is 0 Å². The molecule has 2 unspecified atom stereocenters. The number of quaternary nitrogens is 1. The van der Waals surface area contributed by atoms with E-state index in [1.54, 1.807) is 0 Å². The van der Waals surface area contributed by atoms with Gasteiger partial charge in [0.1, 0.15) is 13.2 Å². The molecule has 0 aliphatic carbocycles. The van der Waals surface area contributed by atoms with Crippen LogP contribution >= 0.6 is 0 Å². The number of nitrogens with zero attached hydrogens (tertiary/aromatic N) is 1. The number of aliphatic carboxylic acids is 1. The van der Waals surface area contributed by atoms with E-state index in [4.69, 9.17) is 18.9 Å². The molecule has 1 N–H and O–H groups in total. The second-order valence-corrected chi connectivity index (χ2v) is 28.0. The molecule has 0 saturated heterocycles. The van der Waals surface area contributed by atoms with Crippen molar-refractivity contribution in [2.45, 2.75) is 431 Å². The minimum absolute atomic E-state index is 0.172. The van der Waals surface area contributed by atoms with Gasteiger partial charge in [-0.25, -0.2) is 4.79 Å². The van der Waals surface area contributed by atoms with Crippen LogP contribution in [0.4, 0.5) is 0 Å². The number of ether oxygens (including phenoxy) is 4. The second-order valence-electron chi connectivity index (χ2n) is 28.0. The van der Waals surface area contributed by atoms with E-state index in [1.165, 1.54) is 353 Å². The van der Waals surface area contributed by atoms with E-state index in [0.29, 0.717) is 17.4 Å². The fourth-order valence-electron chi connectivity index (χ4n) is 12.2. The van der Waals surface area contributed by atoms with Gasteiger partial charge in [-0.3, -0.25) is 9.59 Å². The van der Waals surface area contributed by atoms with E-state index in [1.807, 2.05) is 21.1 Å². The second kappa shape index (κ2) is 69.2. The predicted molar refractivity (Wildman–Crippen MR) is 369 cm³/mol. The van der Waals surface area contributed by atoms with E-state index in [9.17, 15) is 19.5 Å². The number of carbonyl (C=O) groups excluding carboxylic acids is 2. The highest BCUT2D eigenvalue weighted by molar-refractivity contribution is 5.71. The van der Waals surface area contributed by atoms with Crippen LogP contribution in [0.3, 0.4) is 0 Å². The lowest BCUT2D eigenvalue weighted by molar-refractivity contribution is -0.870. The predicted octanol–water partition coefficient (Wildman–Crippen LogP) is 24.2. The van der Waals surface area contributed by atoms with Gasteiger partial charge in [0.25, 0.3) is 6.29 Å². The summed E-state index contributed by atoms with van der Waals surface area (Å²) in [4.78, 5) is 37.7. The summed E-state index contributed by atoms with van der Waals surface area (Å²) in [5, 5.41) is 9.76. The van der Waals surface area contributed by atoms with Crippen molar-refractivity contribution in [1.29, 1.82) is 0 Å². The van der Waals surface area contributed by atoms with Gasteiger partial charge in [0.15, 0.2) is 6.10 Å². The molecule has 9 heteroatoms. The van der Waals surface area contributed by atoms with Gasteiger partial charge in [-0.05, 0) is 12.8 Å². The first-order valence-electron chi connectivity index (χ1n) is 38.7. The number of likely N-dealkylation sites (N-methyl/N-ethyl adjacent to an activating group) is 1.